The Morgan fingerprint density at radius 2 is 1.95 bits per heavy atom. The molecule has 0 saturated carbocycles. The second-order valence-electron chi connectivity index (χ2n) is 4.34. The Kier molecular flexibility index (Phi) is 7.08. The Bertz CT molecular complexity index is 483. The van der Waals surface area contributed by atoms with Gasteiger partial charge in [0.25, 0.3) is 0 Å². The van der Waals surface area contributed by atoms with E-state index in [1.165, 1.54) is 13.2 Å². The van der Waals surface area contributed by atoms with Gasteiger partial charge < -0.3 is 19.3 Å². The predicted molar refractivity (Wildman–Crippen MR) is 75.9 cm³/mol. The molecule has 6 nitrogen and oxygen atoms in total. The molecule has 0 aliphatic rings. The molecule has 0 fully saturated rings. The van der Waals surface area contributed by atoms with Crippen LogP contribution in [0.15, 0.2) is 18.2 Å². The number of carbonyl (C=O) groups excluding carboxylic acids is 1. The second-order valence-corrected chi connectivity index (χ2v) is 4.34. The lowest BCUT2D eigenvalue weighted by Gasteiger charge is -2.11. The molecule has 1 aromatic carbocycles. The van der Waals surface area contributed by atoms with Crippen molar-refractivity contribution < 1.29 is 28.9 Å². The molecule has 0 aliphatic heterocycles. The van der Waals surface area contributed by atoms with Crippen LogP contribution < -0.4 is 9.47 Å². The minimum atomic E-state index is -1.07. The van der Waals surface area contributed by atoms with Gasteiger partial charge in [-0.25, -0.2) is 4.79 Å². The highest BCUT2D eigenvalue weighted by Crippen LogP contribution is 2.25. The molecule has 0 aliphatic carbocycles. The van der Waals surface area contributed by atoms with Crippen LogP contribution in [0.1, 0.15) is 36.5 Å². The zero-order chi connectivity index (χ0) is 15.7. The molecule has 116 valence electrons. The molecule has 0 aromatic heterocycles. The number of hydrogen-bond acceptors (Lipinski definition) is 5. The van der Waals surface area contributed by atoms with Gasteiger partial charge in [-0.15, -0.1) is 0 Å². The zero-order valence-corrected chi connectivity index (χ0v) is 12.3. The first-order valence-corrected chi connectivity index (χ1v) is 6.78. The van der Waals surface area contributed by atoms with Crippen LogP contribution in [0.5, 0.6) is 11.5 Å². The number of hydrogen-bond donors (Lipinski definition) is 1. The molecule has 1 rings (SSSR count). The SMILES string of the molecule is CCCOc1ccc(C(=O)O)c(OCCCC(=O)OC)c1. The van der Waals surface area contributed by atoms with Crippen molar-refractivity contribution in [2.24, 2.45) is 0 Å². The molecule has 0 radical (unpaired) electrons. The normalized spacial score (nSPS) is 10.0. The fourth-order valence-electron chi connectivity index (χ4n) is 1.61. The van der Waals surface area contributed by atoms with Crippen LogP contribution in [-0.4, -0.2) is 37.4 Å². The quantitative estimate of drug-likeness (QED) is 0.557. The summed E-state index contributed by atoms with van der Waals surface area (Å²) in [5.41, 5.74) is 0.0666. The lowest BCUT2D eigenvalue weighted by molar-refractivity contribution is -0.140. The van der Waals surface area contributed by atoms with Gasteiger partial charge >= 0.3 is 11.9 Å². The maximum atomic E-state index is 11.1. The number of carbonyl (C=O) groups is 2. The highest BCUT2D eigenvalue weighted by molar-refractivity contribution is 5.91. The van der Waals surface area contributed by atoms with Crippen molar-refractivity contribution in [3.8, 4) is 11.5 Å². The molecule has 0 saturated heterocycles. The third-order valence-electron chi connectivity index (χ3n) is 2.67. The van der Waals surface area contributed by atoms with Gasteiger partial charge in [-0.3, -0.25) is 4.79 Å². The van der Waals surface area contributed by atoms with E-state index >= 15 is 0 Å². The van der Waals surface area contributed by atoms with Gasteiger partial charge in [0, 0.05) is 12.5 Å². The van der Waals surface area contributed by atoms with Crippen LogP contribution in [0.4, 0.5) is 0 Å². The molecule has 0 spiro atoms. The van der Waals surface area contributed by atoms with Gasteiger partial charge in [0.05, 0.1) is 20.3 Å². The monoisotopic (exact) mass is 296 g/mol. The highest BCUT2D eigenvalue weighted by atomic mass is 16.5. The van der Waals surface area contributed by atoms with Crippen molar-refractivity contribution >= 4 is 11.9 Å². The van der Waals surface area contributed by atoms with Gasteiger partial charge in [0.15, 0.2) is 0 Å². The number of benzene rings is 1. The molecule has 0 unspecified atom stereocenters. The Labute approximate surface area is 123 Å². The van der Waals surface area contributed by atoms with E-state index in [0.717, 1.165) is 6.42 Å². The van der Waals surface area contributed by atoms with Crippen LogP contribution in [0, 0.1) is 0 Å². The predicted octanol–water partition coefficient (Wildman–Crippen LogP) is 2.51. The topological polar surface area (TPSA) is 82.1 Å². The summed E-state index contributed by atoms with van der Waals surface area (Å²) in [6.45, 7) is 2.76. The molecule has 0 amide bonds. The van der Waals surface area contributed by atoms with E-state index in [1.807, 2.05) is 6.92 Å². The summed E-state index contributed by atoms with van der Waals surface area (Å²) in [5, 5.41) is 9.12. The Morgan fingerprint density at radius 1 is 1.19 bits per heavy atom. The van der Waals surface area contributed by atoms with E-state index in [-0.39, 0.29) is 30.3 Å². The fourth-order valence-corrected chi connectivity index (χ4v) is 1.61. The van der Waals surface area contributed by atoms with Crippen LogP contribution in [0.3, 0.4) is 0 Å². The summed E-state index contributed by atoms with van der Waals surface area (Å²) < 4.78 is 15.4. The van der Waals surface area contributed by atoms with Gasteiger partial charge in [0.1, 0.15) is 17.1 Å². The summed E-state index contributed by atoms with van der Waals surface area (Å²) >= 11 is 0. The number of esters is 1. The minimum absolute atomic E-state index is 0.0666. The average Bonchev–Trinajstić information content (AvgIpc) is 2.49. The van der Waals surface area contributed by atoms with E-state index in [0.29, 0.717) is 18.8 Å². The van der Waals surface area contributed by atoms with Gasteiger partial charge in [-0.1, -0.05) is 6.92 Å². The van der Waals surface area contributed by atoms with E-state index in [4.69, 9.17) is 14.6 Å². The summed E-state index contributed by atoms with van der Waals surface area (Å²) in [6, 6.07) is 4.60. The first-order valence-electron chi connectivity index (χ1n) is 6.78. The van der Waals surface area contributed by atoms with Gasteiger partial charge in [-0.2, -0.15) is 0 Å². The van der Waals surface area contributed by atoms with E-state index in [9.17, 15) is 9.59 Å². The Balaban J connectivity index is 2.67. The number of aromatic carboxylic acids is 1. The van der Waals surface area contributed by atoms with Crippen LogP contribution in [0.2, 0.25) is 0 Å². The lowest BCUT2D eigenvalue weighted by atomic mass is 10.2. The summed E-state index contributed by atoms with van der Waals surface area (Å²) in [4.78, 5) is 22.1. The Morgan fingerprint density at radius 3 is 2.57 bits per heavy atom. The second kappa shape index (κ2) is 8.84. The maximum Gasteiger partial charge on any atom is 0.339 e. The molecule has 0 heterocycles. The summed E-state index contributed by atoms with van der Waals surface area (Å²) in [7, 11) is 1.32. The number of rotatable bonds is 9. The average molecular weight is 296 g/mol. The van der Waals surface area contributed by atoms with Crippen molar-refractivity contribution in [3.63, 3.8) is 0 Å². The molecule has 1 N–H and O–H groups in total. The highest BCUT2D eigenvalue weighted by Gasteiger charge is 2.13. The van der Waals surface area contributed by atoms with E-state index in [1.54, 1.807) is 12.1 Å². The molecular weight excluding hydrogens is 276 g/mol. The third kappa shape index (κ3) is 5.72. The third-order valence-corrected chi connectivity index (χ3v) is 2.67. The number of methoxy groups -OCH3 is 1. The molecular formula is C15H20O6. The van der Waals surface area contributed by atoms with Crippen molar-refractivity contribution in [3.05, 3.63) is 23.8 Å². The molecule has 0 bridgehead atoms. The zero-order valence-electron chi connectivity index (χ0n) is 12.3. The van der Waals surface area contributed by atoms with Crippen LogP contribution in [0.25, 0.3) is 0 Å². The maximum absolute atomic E-state index is 11.1. The number of carboxylic acid groups (broad SMARTS) is 1. The van der Waals surface area contributed by atoms with E-state index in [2.05, 4.69) is 4.74 Å². The van der Waals surface area contributed by atoms with Gasteiger partial charge in [-0.05, 0) is 25.0 Å². The van der Waals surface area contributed by atoms with Gasteiger partial charge in [0.2, 0.25) is 0 Å². The Hall–Kier alpha value is -2.24. The van der Waals surface area contributed by atoms with Crippen molar-refractivity contribution in [1.82, 2.24) is 0 Å². The largest absolute Gasteiger partial charge is 0.493 e. The molecule has 6 heteroatoms. The summed E-state index contributed by atoms with van der Waals surface area (Å²) in [5.74, 6) is -0.595. The first-order chi connectivity index (χ1) is 10.1. The van der Waals surface area contributed by atoms with Crippen LogP contribution in [-0.2, 0) is 9.53 Å². The van der Waals surface area contributed by atoms with Crippen molar-refractivity contribution in [1.29, 1.82) is 0 Å². The summed E-state index contributed by atoms with van der Waals surface area (Å²) in [6.07, 6.45) is 1.53. The standard InChI is InChI=1S/C15H20O6/c1-3-8-20-11-6-7-12(15(17)18)13(10-11)21-9-4-5-14(16)19-2/h6-7,10H,3-5,8-9H2,1-2H3,(H,17,18). The van der Waals surface area contributed by atoms with E-state index < -0.39 is 5.97 Å². The minimum Gasteiger partial charge on any atom is -0.493 e. The first kappa shape index (κ1) is 16.8. The fraction of sp³-hybridized carbons (Fsp3) is 0.467. The molecule has 21 heavy (non-hydrogen) atoms. The number of ether oxygens (including phenoxy) is 3. The lowest BCUT2D eigenvalue weighted by Crippen LogP contribution is -2.08. The smallest absolute Gasteiger partial charge is 0.339 e. The van der Waals surface area contributed by atoms with Crippen molar-refractivity contribution in [2.45, 2.75) is 26.2 Å². The molecule has 0 atom stereocenters. The van der Waals surface area contributed by atoms with Crippen molar-refractivity contribution in [2.75, 3.05) is 20.3 Å². The van der Waals surface area contributed by atoms with Crippen LogP contribution >= 0.6 is 0 Å². The number of carboxylic acids is 1. The molecule has 1 aromatic rings.